The van der Waals surface area contributed by atoms with Crippen molar-refractivity contribution >= 4 is 9.84 Å². The Bertz CT molecular complexity index is 388. The van der Waals surface area contributed by atoms with Crippen LogP contribution in [0, 0.1) is 0 Å². The molecule has 2 saturated heterocycles. The van der Waals surface area contributed by atoms with Crippen molar-refractivity contribution in [3.8, 4) is 0 Å². The van der Waals surface area contributed by atoms with Crippen molar-refractivity contribution < 1.29 is 13.2 Å². The molecule has 18 heavy (non-hydrogen) atoms. The van der Waals surface area contributed by atoms with Crippen LogP contribution in [-0.4, -0.2) is 44.2 Å². The molecule has 1 saturated carbocycles. The van der Waals surface area contributed by atoms with Crippen molar-refractivity contribution in [3.63, 3.8) is 0 Å². The van der Waals surface area contributed by atoms with Gasteiger partial charge in [-0.3, -0.25) is 0 Å². The summed E-state index contributed by atoms with van der Waals surface area (Å²) >= 11 is 0. The van der Waals surface area contributed by atoms with Gasteiger partial charge in [0, 0.05) is 18.7 Å². The molecule has 0 bridgehead atoms. The lowest BCUT2D eigenvalue weighted by atomic mass is 9.74. The Morgan fingerprint density at radius 1 is 1.06 bits per heavy atom. The lowest BCUT2D eigenvalue weighted by Gasteiger charge is -2.48. The minimum atomic E-state index is -2.74. The van der Waals surface area contributed by atoms with Gasteiger partial charge in [0.2, 0.25) is 0 Å². The van der Waals surface area contributed by atoms with Gasteiger partial charge in [-0.15, -0.1) is 0 Å². The van der Waals surface area contributed by atoms with Gasteiger partial charge >= 0.3 is 0 Å². The predicted octanol–water partition coefficient (Wildman–Crippen LogP) is 1.25. The molecule has 5 heteroatoms. The molecule has 104 valence electrons. The Labute approximate surface area is 109 Å². The molecule has 1 spiro atoms. The van der Waals surface area contributed by atoms with Crippen LogP contribution in [0.25, 0.3) is 0 Å². The molecule has 1 N–H and O–H groups in total. The quantitative estimate of drug-likeness (QED) is 0.823. The lowest BCUT2D eigenvalue weighted by molar-refractivity contribution is -0.136. The molecular weight excluding hydrogens is 250 g/mol. The second kappa shape index (κ2) is 4.76. The molecule has 0 aromatic carbocycles. The second-order valence-corrected chi connectivity index (χ2v) is 8.47. The van der Waals surface area contributed by atoms with Gasteiger partial charge < -0.3 is 10.1 Å². The zero-order valence-corrected chi connectivity index (χ0v) is 11.7. The van der Waals surface area contributed by atoms with Crippen LogP contribution in [-0.2, 0) is 14.6 Å². The summed E-state index contributed by atoms with van der Waals surface area (Å²) in [5.74, 6) is 0.720. The highest BCUT2D eigenvalue weighted by Crippen LogP contribution is 2.42. The van der Waals surface area contributed by atoms with E-state index in [-0.39, 0.29) is 5.60 Å². The highest BCUT2D eigenvalue weighted by molar-refractivity contribution is 7.91. The number of hydrogen-bond acceptors (Lipinski definition) is 4. The van der Waals surface area contributed by atoms with Gasteiger partial charge in [-0.05, 0) is 44.9 Å². The van der Waals surface area contributed by atoms with Gasteiger partial charge in [0.15, 0.2) is 0 Å². The van der Waals surface area contributed by atoms with Crippen molar-refractivity contribution in [2.75, 3.05) is 18.1 Å². The summed E-state index contributed by atoms with van der Waals surface area (Å²) in [6.07, 6.45) is 7.49. The van der Waals surface area contributed by atoms with Gasteiger partial charge in [-0.25, -0.2) is 8.42 Å². The van der Waals surface area contributed by atoms with E-state index in [1.54, 1.807) is 0 Å². The zero-order valence-electron chi connectivity index (χ0n) is 10.9. The SMILES string of the molecule is O=S1(=O)CCC(NC2CCOC3(CCC3)C2)CC1. The third kappa shape index (κ3) is 2.73. The van der Waals surface area contributed by atoms with Crippen molar-refractivity contribution in [3.05, 3.63) is 0 Å². The van der Waals surface area contributed by atoms with Crippen LogP contribution >= 0.6 is 0 Å². The van der Waals surface area contributed by atoms with Crippen LogP contribution in [0.2, 0.25) is 0 Å². The van der Waals surface area contributed by atoms with E-state index < -0.39 is 9.84 Å². The first-order valence-corrected chi connectivity index (χ1v) is 9.00. The van der Waals surface area contributed by atoms with Crippen molar-refractivity contribution in [2.24, 2.45) is 0 Å². The Balaban J connectivity index is 1.51. The molecule has 1 unspecified atom stereocenters. The Kier molecular flexibility index (Phi) is 3.41. The number of nitrogens with one attached hydrogen (secondary N) is 1. The predicted molar refractivity (Wildman–Crippen MR) is 70.4 cm³/mol. The number of sulfone groups is 1. The third-order valence-electron chi connectivity index (χ3n) is 4.78. The second-order valence-electron chi connectivity index (χ2n) is 6.17. The third-order valence-corrected chi connectivity index (χ3v) is 6.50. The summed E-state index contributed by atoms with van der Waals surface area (Å²) in [7, 11) is -2.74. The molecule has 3 rings (SSSR count). The summed E-state index contributed by atoms with van der Waals surface area (Å²) in [4.78, 5) is 0. The standard InChI is InChI=1S/C13H23NO3S/c15-18(16)8-3-11(4-9-18)14-12-2-7-17-13(10-12)5-1-6-13/h11-12,14H,1-10H2. The topological polar surface area (TPSA) is 55.4 Å². The smallest absolute Gasteiger partial charge is 0.150 e. The summed E-state index contributed by atoms with van der Waals surface area (Å²) in [6, 6.07) is 0.929. The molecule has 0 radical (unpaired) electrons. The Hall–Kier alpha value is -0.130. The van der Waals surface area contributed by atoms with Crippen molar-refractivity contribution in [2.45, 2.75) is 62.6 Å². The molecule has 0 aromatic heterocycles. The van der Waals surface area contributed by atoms with Gasteiger partial charge in [0.25, 0.3) is 0 Å². The van der Waals surface area contributed by atoms with Crippen molar-refractivity contribution in [1.82, 2.24) is 5.32 Å². The minimum absolute atomic E-state index is 0.177. The highest BCUT2D eigenvalue weighted by Gasteiger charge is 2.43. The van der Waals surface area contributed by atoms with Gasteiger partial charge in [0.05, 0.1) is 17.1 Å². The Morgan fingerprint density at radius 2 is 1.78 bits per heavy atom. The molecule has 2 heterocycles. The molecule has 0 aromatic rings. The van der Waals surface area contributed by atoms with E-state index in [9.17, 15) is 8.42 Å². The largest absolute Gasteiger partial charge is 0.375 e. The fraction of sp³-hybridized carbons (Fsp3) is 1.00. The number of ether oxygens (including phenoxy) is 1. The first-order valence-electron chi connectivity index (χ1n) is 7.17. The number of hydrogen-bond donors (Lipinski definition) is 1. The average Bonchev–Trinajstić information content (AvgIpc) is 2.30. The van der Waals surface area contributed by atoms with Crippen LogP contribution in [0.15, 0.2) is 0 Å². The molecular formula is C13H23NO3S. The molecule has 1 atom stereocenters. The van der Waals surface area contributed by atoms with E-state index in [0.717, 1.165) is 32.3 Å². The summed E-state index contributed by atoms with van der Waals surface area (Å²) in [5, 5.41) is 3.67. The van der Waals surface area contributed by atoms with Crippen LogP contribution in [0.4, 0.5) is 0 Å². The summed E-state index contributed by atoms with van der Waals surface area (Å²) in [6.45, 7) is 0.864. The molecule has 4 nitrogen and oxygen atoms in total. The molecule has 3 aliphatic rings. The lowest BCUT2D eigenvalue weighted by Crippen LogP contribution is -2.53. The molecule has 0 amide bonds. The van der Waals surface area contributed by atoms with Gasteiger partial charge in [-0.2, -0.15) is 0 Å². The van der Waals surface area contributed by atoms with Gasteiger partial charge in [-0.1, -0.05) is 0 Å². The normalized spacial score (nSPS) is 35.2. The van der Waals surface area contributed by atoms with Crippen LogP contribution in [0.3, 0.4) is 0 Å². The fourth-order valence-electron chi connectivity index (χ4n) is 3.48. The summed E-state index contributed by atoms with van der Waals surface area (Å²) < 4.78 is 28.7. The Morgan fingerprint density at radius 3 is 2.39 bits per heavy atom. The minimum Gasteiger partial charge on any atom is -0.375 e. The highest BCUT2D eigenvalue weighted by atomic mass is 32.2. The maximum absolute atomic E-state index is 11.4. The monoisotopic (exact) mass is 273 g/mol. The van der Waals surface area contributed by atoms with Crippen LogP contribution in [0.1, 0.15) is 44.9 Å². The maximum atomic E-state index is 11.4. The first kappa shape index (κ1) is 12.9. The van der Waals surface area contributed by atoms with E-state index in [1.165, 1.54) is 19.3 Å². The first-order chi connectivity index (χ1) is 8.57. The summed E-state index contributed by atoms with van der Waals surface area (Å²) in [5.41, 5.74) is 0.177. The fourth-order valence-corrected chi connectivity index (χ4v) is 4.97. The van der Waals surface area contributed by atoms with Crippen LogP contribution in [0.5, 0.6) is 0 Å². The van der Waals surface area contributed by atoms with Crippen molar-refractivity contribution in [1.29, 1.82) is 0 Å². The number of rotatable bonds is 2. The van der Waals surface area contributed by atoms with Crippen LogP contribution < -0.4 is 5.32 Å². The molecule has 3 fully saturated rings. The maximum Gasteiger partial charge on any atom is 0.150 e. The van der Waals surface area contributed by atoms with Gasteiger partial charge in [0.1, 0.15) is 9.84 Å². The van der Waals surface area contributed by atoms with E-state index in [2.05, 4.69) is 5.32 Å². The van der Waals surface area contributed by atoms with E-state index in [0.29, 0.717) is 23.6 Å². The molecule has 1 aliphatic carbocycles. The van der Waals surface area contributed by atoms with E-state index in [4.69, 9.17) is 4.74 Å². The van der Waals surface area contributed by atoms with E-state index in [1.807, 2.05) is 0 Å². The zero-order chi connectivity index (χ0) is 12.6. The van der Waals surface area contributed by atoms with E-state index >= 15 is 0 Å². The average molecular weight is 273 g/mol. The molecule has 2 aliphatic heterocycles.